The number of nitrogens with zero attached hydrogens (tertiary/aromatic N) is 1. The number of carbonyl (C=O) groups is 1. The van der Waals surface area contributed by atoms with E-state index in [1.807, 2.05) is 13.8 Å². The third-order valence-corrected chi connectivity index (χ3v) is 5.70. The lowest BCUT2D eigenvalue weighted by Crippen LogP contribution is -2.57. The van der Waals surface area contributed by atoms with Gasteiger partial charge in [-0.1, -0.05) is 0 Å². The minimum Gasteiger partial charge on any atom is -0.381 e. The van der Waals surface area contributed by atoms with Crippen LogP contribution in [0.15, 0.2) is 0 Å². The number of ether oxygens (including phenoxy) is 1. The number of rotatable bonds is 2. The smallest absolute Gasteiger partial charge is 0.321 e. The van der Waals surface area contributed by atoms with Crippen molar-refractivity contribution in [2.45, 2.75) is 45.6 Å². The van der Waals surface area contributed by atoms with Gasteiger partial charge < -0.3 is 10.1 Å². The summed E-state index contributed by atoms with van der Waals surface area (Å²) in [5, 5.41) is 6.64. The molecule has 1 spiro atoms. The number of hydrogen-bond acceptors (Lipinski definition) is 4. The predicted octanol–water partition coefficient (Wildman–Crippen LogP) is 2.84. The fourth-order valence-electron chi connectivity index (χ4n) is 3.12. The highest BCUT2D eigenvalue weighted by Crippen LogP contribution is 2.48. The van der Waals surface area contributed by atoms with E-state index < -0.39 is 0 Å². The highest BCUT2D eigenvalue weighted by atomic mass is 32.1. The van der Waals surface area contributed by atoms with E-state index in [1.165, 1.54) is 17.8 Å². The van der Waals surface area contributed by atoms with E-state index in [0.29, 0.717) is 5.13 Å². The van der Waals surface area contributed by atoms with E-state index in [4.69, 9.17) is 4.74 Å². The summed E-state index contributed by atoms with van der Waals surface area (Å²) in [7, 11) is 0. The first-order chi connectivity index (χ1) is 9.59. The summed E-state index contributed by atoms with van der Waals surface area (Å²) in [5.41, 5.74) is 1.26. The molecule has 2 amide bonds. The van der Waals surface area contributed by atoms with Gasteiger partial charge in [0.2, 0.25) is 0 Å². The summed E-state index contributed by atoms with van der Waals surface area (Å²) < 4.78 is 5.43. The Morgan fingerprint density at radius 2 is 2.10 bits per heavy atom. The zero-order valence-corrected chi connectivity index (χ0v) is 12.8. The molecule has 1 saturated heterocycles. The average Bonchev–Trinajstić information content (AvgIpc) is 2.74. The molecule has 110 valence electrons. The van der Waals surface area contributed by atoms with Crippen molar-refractivity contribution in [2.24, 2.45) is 5.41 Å². The number of urea groups is 1. The van der Waals surface area contributed by atoms with Crippen LogP contribution in [-0.2, 0) is 4.74 Å². The average molecular weight is 295 g/mol. The lowest BCUT2D eigenvalue weighted by molar-refractivity contribution is -0.0507. The molecule has 1 aromatic heterocycles. The molecule has 0 radical (unpaired) electrons. The number of hydrogen-bond donors (Lipinski definition) is 2. The number of aromatic nitrogens is 1. The zero-order valence-electron chi connectivity index (χ0n) is 12.0. The summed E-state index contributed by atoms with van der Waals surface area (Å²) in [5.74, 6) is 0. The molecule has 1 saturated carbocycles. The molecular weight excluding hydrogens is 274 g/mol. The Balaban J connectivity index is 1.56. The van der Waals surface area contributed by atoms with Crippen molar-refractivity contribution >= 4 is 22.5 Å². The van der Waals surface area contributed by atoms with Gasteiger partial charge in [0.15, 0.2) is 5.13 Å². The van der Waals surface area contributed by atoms with Gasteiger partial charge in [0.05, 0.1) is 5.69 Å². The number of anilines is 1. The van der Waals surface area contributed by atoms with Crippen molar-refractivity contribution in [3.05, 3.63) is 10.6 Å². The van der Waals surface area contributed by atoms with Crippen LogP contribution in [0.2, 0.25) is 0 Å². The molecule has 2 fully saturated rings. The highest BCUT2D eigenvalue weighted by molar-refractivity contribution is 7.15. The number of thiazole rings is 1. The predicted molar refractivity (Wildman–Crippen MR) is 79.3 cm³/mol. The maximum absolute atomic E-state index is 12.1. The molecule has 1 atom stereocenters. The van der Waals surface area contributed by atoms with E-state index >= 15 is 0 Å². The van der Waals surface area contributed by atoms with Gasteiger partial charge in [0.1, 0.15) is 0 Å². The van der Waals surface area contributed by atoms with Crippen molar-refractivity contribution in [3.63, 3.8) is 0 Å². The van der Waals surface area contributed by atoms with Crippen molar-refractivity contribution in [3.8, 4) is 0 Å². The largest absolute Gasteiger partial charge is 0.381 e. The van der Waals surface area contributed by atoms with Gasteiger partial charge in [-0.15, -0.1) is 11.3 Å². The quantitative estimate of drug-likeness (QED) is 0.882. The minimum atomic E-state index is -0.130. The van der Waals surface area contributed by atoms with Gasteiger partial charge in [-0.3, -0.25) is 5.32 Å². The molecule has 0 bridgehead atoms. The normalized spacial score (nSPS) is 24.2. The van der Waals surface area contributed by atoms with Crippen LogP contribution in [0.25, 0.3) is 0 Å². The Morgan fingerprint density at radius 1 is 1.35 bits per heavy atom. The first-order valence-corrected chi connectivity index (χ1v) is 8.00. The second-order valence-electron chi connectivity index (χ2n) is 5.83. The second-order valence-corrected chi connectivity index (χ2v) is 7.03. The van der Waals surface area contributed by atoms with E-state index in [0.717, 1.165) is 43.0 Å². The molecule has 0 aromatic carbocycles. The lowest BCUT2D eigenvalue weighted by Gasteiger charge is -2.51. The molecule has 6 heteroatoms. The van der Waals surface area contributed by atoms with Gasteiger partial charge in [-0.05, 0) is 44.9 Å². The van der Waals surface area contributed by atoms with Crippen LogP contribution in [-0.4, -0.2) is 30.3 Å². The number of aryl methyl sites for hydroxylation is 2. The molecule has 1 unspecified atom stereocenters. The van der Waals surface area contributed by atoms with Gasteiger partial charge in [-0.25, -0.2) is 9.78 Å². The van der Waals surface area contributed by atoms with Crippen LogP contribution in [0, 0.1) is 19.3 Å². The zero-order chi connectivity index (χ0) is 14.2. The van der Waals surface area contributed by atoms with Crippen LogP contribution in [0.5, 0.6) is 0 Å². The second kappa shape index (κ2) is 5.33. The molecule has 1 aromatic rings. The van der Waals surface area contributed by atoms with Gasteiger partial charge >= 0.3 is 6.03 Å². The van der Waals surface area contributed by atoms with Crippen molar-refractivity contribution in [1.82, 2.24) is 10.3 Å². The Kier molecular flexibility index (Phi) is 3.69. The minimum absolute atomic E-state index is 0.130. The van der Waals surface area contributed by atoms with Crippen molar-refractivity contribution in [1.29, 1.82) is 0 Å². The first-order valence-electron chi connectivity index (χ1n) is 7.18. The maximum atomic E-state index is 12.1. The van der Waals surface area contributed by atoms with Crippen LogP contribution >= 0.6 is 11.3 Å². The standard InChI is InChI=1S/C14H21N3O2S/c1-9-10(2)20-13(15-9)17-12(18)16-11-3-4-14(11)5-7-19-8-6-14/h11H,3-8H2,1-2H3,(H2,15,16,17,18). The summed E-state index contributed by atoms with van der Waals surface area (Å²) in [6.07, 6.45) is 4.40. The Morgan fingerprint density at radius 3 is 2.65 bits per heavy atom. The maximum Gasteiger partial charge on any atom is 0.321 e. The molecule has 20 heavy (non-hydrogen) atoms. The van der Waals surface area contributed by atoms with Crippen LogP contribution in [0.1, 0.15) is 36.3 Å². The Bertz CT molecular complexity index is 489. The highest BCUT2D eigenvalue weighted by Gasteiger charge is 2.47. The summed E-state index contributed by atoms with van der Waals surface area (Å²) in [6, 6.07) is 0.155. The first kappa shape index (κ1) is 13.8. The summed E-state index contributed by atoms with van der Waals surface area (Å²) >= 11 is 1.52. The molecule has 2 heterocycles. The topological polar surface area (TPSA) is 63.2 Å². The van der Waals surface area contributed by atoms with Crippen LogP contribution in [0.3, 0.4) is 0 Å². The number of amides is 2. The lowest BCUT2D eigenvalue weighted by atomic mass is 9.60. The molecular formula is C14H21N3O2S. The van der Waals surface area contributed by atoms with Crippen molar-refractivity contribution < 1.29 is 9.53 Å². The van der Waals surface area contributed by atoms with Crippen LogP contribution < -0.4 is 10.6 Å². The monoisotopic (exact) mass is 295 g/mol. The SMILES string of the molecule is Cc1nc(NC(=O)NC2CCC23CCOCC3)sc1C. The van der Waals surface area contributed by atoms with Gasteiger partial charge in [0, 0.05) is 24.1 Å². The fourth-order valence-corrected chi connectivity index (χ4v) is 3.93. The summed E-state index contributed by atoms with van der Waals surface area (Å²) in [6.45, 7) is 5.62. The van der Waals surface area contributed by atoms with Crippen molar-refractivity contribution in [2.75, 3.05) is 18.5 Å². The summed E-state index contributed by atoms with van der Waals surface area (Å²) in [4.78, 5) is 17.6. The third kappa shape index (κ3) is 2.54. The number of carbonyl (C=O) groups excluding carboxylic acids is 1. The van der Waals surface area contributed by atoms with E-state index in [2.05, 4.69) is 15.6 Å². The molecule has 5 nitrogen and oxygen atoms in total. The fraction of sp³-hybridized carbons (Fsp3) is 0.714. The number of nitrogens with one attached hydrogen (secondary N) is 2. The van der Waals surface area contributed by atoms with E-state index in [-0.39, 0.29) is 17.5 Å². The van der Waals surface area contributed by atoms with Gasteiger partial charge in [0.25, 0.3) is 0 Å². The molecule has 1 aliphatic carbocycles. The van der Waals surface area contributed by atoms with E-state index in [9.17, 15) is 4.79 Å². The molecule has 1 aliphatic heterocycles. The van der Waals surface area contributed by atoms with Crippen LogP contribution in [0.4, 0.5) is 9.93 Å². The Labute approximate surface area is 123 Å². The molecule has 2 aliphatic rings. The van der Waals surface area contributed by atoms with E-state index in [1.54, 1.807) is 0 Å². The van der Waals surface area contributed by atoms with Gasteiger partial charge in [-0.2, -0.15) is 0 Å². The molecule has 3 rings (SSSR count). The Hall–Kier alpha value is -1.14. The molecule has 2 N–H and O–H groups in total. The third-order valence-electron chi connectivity index (χ3n) is 4.71.